The van der Waals surface area contributed by atoms with Gasteiger partial charge in [-0.25, -0.2) is 4.57 Å². The van der Waals surface area contributed by atoms with E-state index in [-0.39, 0.29) is 62.1 Å². The number of rotatable bonds is 6. The highest BCUT2D eigenvalue weighted by atomic mass is 79.9. The molecule has 5 aliphatic rings. The number of aromatic nitrogens is 1. The molecule has 0 bridgehead atoms. The third-order valence-electron chi connectivity index (χ3n) is 15.1. The lowest BCUT2D eigenvalue weighted by atomic mass is 9.32. The normalized spacial score (nSPS) is 42.9. The topological polar surface area (TPSA) is 56.5 Å². The molecule has 6 rings (SSSR count). The van der Waals surface area contributed by atoms with Gasteiger partial charge in [0.25, 0.3) is 0 Å². The highest BCUT2D eigenvalue weighted by Gasteiger charge is 2.71. The van der Waals surface area contributed by atoms with E-state index in [1.165, 1.54) is 37.7 Å². The second kappa shape index (κ2) is 12.1. The molecule has 0 amide bonds. The second-order valence-electron chi connectivity index (χ2n) is 17.1. The molecule has 5 fully saturated rings. The first kappa shape index (κ1) is 34.6. The molecule has 1 aromatic heterocycles. The van der Waals surface area contributed by atoms with Crippen molar-refractivity contribution in [3.8, 4) is 0 Å². The standard InChI is InChI=1S/C39H58NO4.BrH/c1-26(24-40-22-10-9-11-23-40)29-14-19-39(25-43-27(2)41)21-20-37(7)30(34(29)39)12-13-32-36(6)17-16-33(44-28(3)42)35(4,5)31(36)15-18-38(32,37)8;/h9-11,22-23,29-34H,1,12-21,24-25H2,2-8H3;1H/q+1;/p-1/t29-,30+,31-,32+,33?,34+,36-,37+,38+,39+;/m0./s1. The number of pyridine rings is 1. The van der Waals surface area contributed by atoms with Crippen molar-refractivity contribution in [3.63, 3.8) is 0 Å². The maximum absolute atomic E-state index is 12.1. The summed E-state index contributed by atoms with van der Waals surface area (Å²) in [6, 6.07) is 6.28. The van der Waals surface area contributed by atoms with Gasteiger partial charge in [0.15, 0.2) is 18.9 Å². The first-order valence-electron chi connectivity index (χ1n) is 17.6. The Morgan fingerprint density at radius 2 is 1.51 bits per heavy atom. The summed E-state index contributed by atoms with van der Waals surface area (Å²) < 4.78 is 14.1. The highest BCUT2D eigenvalue weighted by molar-refractivity contribution is 5.66. The fourth-order valence-electron chi connectivity index (χ4n) is 13.0. The van der Waals surface area contributed by atoms with Gasteiger partial charge in [0, 0.05) is 36.8 Å². The second-order valence-corrected chi connectivity index (χ2v) is 17.1. The molecule has 5 saturated carbocycles. The van der Waals surface area contributed by atoms with E-state index < -0.39 is 0 Å². The van der Waals surface area contributed by atoms with Gasteiger partial charge in [-0.15, -0.1) is 0 Å². The average Bonchev–Trinajstić information content (AvgIpc) is 3.34. The molecule has 6 heteroatoms. The first-order valence-corrected chi connectivity index (χ1v) is 17.6. The van der Waals surface area contributed by atoms with E-state index in [0.29, 0.717) is 36.2 Å². The van der Waals surface area contributed by atoms with Crippen molar-refractivity contribution in [2.24, 2.45) is 56.7 Å². The van der Waals surface area contributed by atoms with E-state index in [2.05, 4.69) is 69.8 Å². The quantitative estimate of drug-likeness (QED) is 0.238. The van der Waals surface area contributed by atoms with Crippen LogP contribution in [0.4, 0.5) is 0 Å². The SMILES string of the molecule is C=C(C[n+]1ccccc1)[C@@H]1CC[C@]2(COC(C)=O)CC[C@]3(C)[C@H](CC[C@@H]4[C@@]5(C)CCC(OC(C)=O)C(C)(C)[C@@H]5CC[C@]43C)[C@@H]12.[Br-]. The van der Waals surface area contributed by atoms with Gasteiger partial charge in [0.05, 0.1) is 6.61 Å². The molecule has 0 aliphatic heterocycles. The van der Waals surface area contributed by atoms with Crippen LogP contribution in [0.3, 0.4) is 0 Å². The van der Waals surface area contributed by atoms with Crippen LogP contribution in [0.2, 0.25) is 0 Å². The van der Waals surface area contributed by atoms with Crippen LogP contribution in [-0.4, -0.2) is 24.6 Å². The van der Waals surface area contributed by atoms with Crippen molar-refractivity contribution < 1.29 is 40.6 Å². The number of hydrogen-bond acceptors (Lipinski definition) is 4. The lowest BCUT2D eigenvalue weighted by molar-refractivity contribution is -0.689. The first-order chi connectivity index (χ1) is 20.7. The zero-order valence-electron chi connectivity index (χ0n) is 29.0. The minimum atomic E-state index is -0.150. The number of esters is 2. The molecule has 5 nitrogen and oxygen atoms in total. The molecule has 10 atom stereocenters. The number of nitrogens with zero attached hydrogens (tertiary/aromatic N) is 1. The summed E-state index contributed by atoms with van der Waals surface area (Å²) >= 11 is 0. The Morgan fingerprint density at radius 3 is 2.18 bits per heavy atom. The number of fused-ring (bicyclic) bond motifs is 7. The van der Waals surface area contributed by atoms with Gasteiger partial charge in [-0.3, -0.25) is 9.59 Å². The molecule has 1 unspecified atom stereocenters. The molecule has 1 heterocycles. The Labute approximate surface area is 283 Å². The van der Waals surface area contributed by atoms with Crippen LogP contribution in [-0.2, 0) is 25.6 Å². The zero-order chi connectivity index (χ0) is 31.7. The molecule has 0 N–H and O–H groups in total. The van der Waals surface area contributed by atoms with Crippen LogP contribution in [0.5, 0.6) is 0 Å². The number of ether oxygens (including phenoxy) is 2. The lowest BCUT2D eigenvalue weighted by Crippen LogP contribution is -3.00. The monoisotopic (exact) mass is 683 g/mol. The van der Waals surface area contributed by atoms with Gasteiger partial charge < -0.3 is 26.5 Å². The van der Waals surface area contributed by atoms with Gasteiger partial charge in [-0.1, -0.05) is 47.3 Å². The summed E-state index contributed by atoms with van der Waals surface area (Å²) in [5, 5.41) is 0. The van der Waals surface area contributed by atoms with Gasteiger partial charge in [0.1, 0.15) is 6.10 Å². The molecule has 0 aromatic carbocycles. The third-order valence-corrected chi connectivity index (χ3v) is 15.1. The van der Waals surface area contributed by atoms with Crippen molar-refractivity contribution >= 4 is 11.9 Å². The number of carbonyl (C=O) groups is 2. The summed E-state index contributed by atoms with van der Waals surface area (Å²) in [4.78, 5) is 24.2. The number of hydrogen-bond donors (Lipinski definition) is 0. The van der Waals surface area contributed by atoms with E-state index in [1.807, 2.05) is 0 Å². The molecule has 5 aliphatic carbocycles. The van der Waals surface area contributed by atoms with E-state index in [0.717, 1.165) is 38.6 Å². The van der Waals surface area contributed by atoms with Crippen LogP contribution >= 0.6 is 0 Å². The summed E-state index contributed by atoms with van der Waals surface area (Å²) in [6.07, 6.45) is 16.1. The van der Waals surface area contributed by atoms with E-state index in [1.54, 1.807) is 13.8 Å². The van der Waals surface area contributed by atoms with Crippen molar-refractivity contribution in [2.45, 2.75) is 125 Å². The predicted octanol–water partition coefficient (Wildman–Crippen LogP) is 5.11. The summed E-state index contributed by atoms with van der Waals surface area (Å²) in [6.45, 7) is 22.0. The highest BCUT2D eigenvalue weighted by Crippen LogP contribution is 2.77. The Kier molecular flexibility index (Phi) is 9.30. The summed E-state index contributed by atoms with van der Waals surface area (Å²) in [5.41, 5.74) is 2.10. The van der Waals surface area contributed by atoms with Crippen molar-refractivity contribution in [1.82, 2.24) is 0 Å². The van der Waals surface area contributed by atoms with Gasteiger partial charge in [0.2, 0.25) is 0 Å². The summed E-state index contributed by atoms with van der Waals surface area (Å²) in [5.74, 6) is 2.48. The smallest absolute Gasteiger partial charge is 0.302 e. The molecule has 0 radical (unpaired) electrons. The van der Waals surface area contributed by atoms with Crippen LogP contribution in [0, 0.1) is 56.7 Å². The molecule has 250 valence electrons. The Morgan fingerprint density at radius 1 is 0.800 bits per heavy atom. The number of carbonyl (C=O) groups excluding carboxylic acids is 2. The molecule has 0 saturated heterocycles. The molecule has 1 aromatic rings. The minimum absolute atomic E-state index is 0. The van der Waals surface area contributed by atoms with E-state index >= 15 is 0 Å². The molecule has 45 heavy (non-hydrogen) atoms. The van der Waals surface area contributed by atoms with Crippen LogP contribution in [0.15, 0.2) is 42.7 Å². The zero-order valence-corrected chi connectivity index (χ0v) is 30.6. The molecule has 0 spiro atoms. The van der Waals surface area contributed by atoms with Crippen LogP contribution in [0.25, 0.3) is 0 Å². The predicted molar refractivity (Wildman–Crippen MR) is 172 cm³/mol. The van der Waals surface area contributed by atoms with Crippen molar-refractivity contribution in [1.29, 1.82) is 0 Å². The number of halogens is 1. The number of allylic oxidation sites excluding steroid dienone is 1. The van der Waals surface area contributed by atoms with Gasteiger partial charge >= 0.3 is 11.9 Å². The Hall–Kier alpha value is -1.69. The van der Waals surface area contributed by atoms with Crippen molar-refractivity contribution in [2.75, 3.05) is 6.61 Å². The van der Waals surface area contributed by atoms with Gasteiger partial charge in [-0.05, 0) is 116 Å². The van der Waals surface area contributed by atoms with Crippen LogP contribution < -0.4 is 21.5 Å². The largest absolute Gasteiger partial charge is 1.00 e. The van der Waals surface area contributed by atoms with Gasteiger partial charge in [-0.2, -0.15) is 0 Å². The average molecular weight is 685 g/mol. The fourth-order valence-corrected chi connectivity index (χ4v) is 13.0. The Bertz CT molecular complexity index is 1300. The maximum Gasteiger partial charge on any atom is 0.302 e. The van der Waals surface area contributed by atoms with E-state index in [9.17, 15) is 9.59 Å². The minimum Gasteiger partial charge on any atom is -1.00 e. The third kappa shape index (κ3) is 5.35. The molecular formula is C39H58BrNO4. The van der Waals surface area contributed by atoms with Crippen LogP contribution in [0.1, 0.15) is 113 Å². The molecular weight excluding hydrogens is 626 g/mol. The van der Waals surface area contributed by atoms with E-state index in [4.69, 9.17) is 16.1 Å². The van der Waals surface area contributed by atoms with Crippen molar-refractivity contribution in [3.05, 3.63) is 42.7 Å². The maximum atomic E-state index is 12.1. The fraction of sp³-hybridized carbons (Fsp3) is 0.769. The summed E-state index contributed by atoms with van der Waals surface area (Å²) in [7, 11) is 0. The Balaban J connectivity index is 0.00000400. The lowest BCUT2D eigenvalue weighted by Gasteiger charge is -2.73.